The van der Waals surface area contributed by atoms with E-state index in [2.05, 4.69) is 42.3 Å². The lowest BCUT2D eigenvalue weighted by Gasteiger charge is -2.11. The van der Waals surface area contributed by atoms with Gasteiger partial charge in [0.25, 0.3) is 0 Å². The van der Waals surface area contributed by atoms with Crippen molar-refractivity contribution in [2.24, 2.45) is 0 Å². The van der Waals surface area contributed by atoms with E-state index in [1.54, 1.807) is 0 Å². The van der Waals surface area contributed by atoms with Gasteiger partial charge in [-0.05, 0) is 38.9 Å². The van der Waals surface area contributed by atoms with E-state index in [-0.39, 0.29) is 0 Å². The molecule has 1 nitrogen and oxygen atoms in total. The number of rotatable bonds is 3. The van der Waals surface area contributed by atoms with E-state index < -0.39 is 0 Å². The van der Waals surface area contributed by atoms with Gasteiger partial charge in [-0.3, -0.25) is 0 Å². The highest BCUT2D eigenvalue weighted by molar-refractivity contribution is 5.41. The number of benzene rings is 1. The van der Waals surface area contributed by atoms with E-state index in [1.807, 2.05) is 20.0 Å². The summed E-state index contributed by atoms with van der Waals surface area (Å²) in [6.45, 7) is 4.05. The molecule has 74 valence electrons. The summed E-state index contributed by atoms with van der Waals surface area (Å²) in [5, 5.41) is 3.23. The third-order valence-corrected chi connectivity index (χ3v) is 2.30. The monoisotopic (exact) mass is 187 g/mol. The predicted octanol–water partition coefficient (Wildman–Crippen LogP) is 2.21. The van der Waals surface area contributed by atoms with Crippen LogP contribution in [0.25, 0.3) is 0 Å². The maximum atomic E-state index is 3.23. The molecule has 0 fully saturated rings. The van der Waals surface area contributed by atoms with Crippen molar-refractivity contribution in [1.82, 2.24) is 5.32 Å². The lowest BCUT2D eigenvalue weighted by molar-refractivity contribution is 0.608. The van der Waals surface area contributed by atoms with Crippen LogP contribution < -0.4 is 5.32 Å². The van der Waals surface area contributed by atoms with Crippen molar-refractivity contribution in [3.8, 4) is 11.8 Å². The van der Waals surface area contributed by atoms with E-state index in [0.717, 1.165) is 12.0 Å². The first-order valence-electron chi connectivity index (χ1n) is 4.96. The fourth-order valence-corrected chi connectivity index (χ4v) is 1.39. The third-order valence-electron chi connectivity index (χ3n) is 2.30. The van der Waals surface area contributed by atoms with Gasteiger partial charge >= 0.3 is 0 Å². The Morgan fingerprint density at radius 2 is 2.07 bits per heavy atom. The largest absolute Gasteiger partial charge is 0.317 e. The Labute approximate surface area is 86.5 Å². The molecular formula is C13H17N. The van der Waals surface area contributed by atoms with Crippen molar-refractivity contribution in [2.75, 3.05) is 7.05 Å². The molecule has 1 aromatic rings. The van der Waals surface area contributed by atoms with E-state index in [1.165, 1.54) is 5.56 Å². The molecular weight excluding hydrogens is 170 g/mol. The Morgan fingerprint density at radius 1 is 1.36 bits per heavy atom. The van der Waals surface area contributed by atoms with E-state index >= 15 is 0 Å². The molecule has 0 radical (unpaired) electrons. The molecule has 0 amide bonds. The molecule has 1 rings (SSSR count). The predicted molar refractivity (Wildman–Crippen MR) is 61.2 cm³/mol. The van der Waals surface area contributed by atoms with Crippen LogP contribution in [0.5, 0.6) is 0 Å². The summed E-state index contributed by atoms with van der Waals surface area (Å²) in [4.78, 5) is 0. The zero-order valence-electron chi connectivity index (χ0n) is 9.09. The quantitative estimate of drug-likeness (QED) is 0.715. The standard InChI is InChI=1S/C13H17N/c1-4-7-12-8-5-6-9-13(12)10-11(2)14-3/h5-6,8-9,11,14H,10H2,1-3H3/t11-/m1/s1. The van der Waals surface area contributed by atoms with Crippen LogP contribution in [0.4, 0.5) is 0 Å². The highest BCUT2D eigenvalue weighted by atomic mass is 14.8. The highest BCUT2D eigenvalue weighted by Crippen LogP contribution is 2.09. The number of hydrogen-bond acceptors (Lipinski definition) is 1. The van der Waals surface area contributed by atoms with Crippen LogP contribution in [0.3, 0.4) is 0 Å². The number of nitrogens with one attached hydrogen (secondary N) is 1. The second-order valence-corrected chi connectivity index (χ2v) is 3.43. The first kappa shape index (κ1) is 10.8. The van der Waals surface area contributed by atoms with Gasteiger partial charge < -0.3 is 5.32 Å². The second-order valence-electron chi connectivity index (χ2n) is 3.43. The van der Waals surface area contributed by atoms with Crippen molar-refractivity contribution >= 4 is 0 Å². The summed E-state index contributed by atoms with van der Waals surface area (Å²) < 4.78 is 0. The molecule has 0 heterocycles. The van der Waals surface area contributed by atoms with Gasteiger partial charge in [0.2, 0.25) is 0 Å². The minimum absolute atomic E-state index is 0.495. The Bertz CT molecular complexity index is 344. The van der Waals surface area contributed by atoms with Crippen LogP contribution in [0.2, 0.25) is 0 Å². The molecule has 0 aliphatic heterocycles. The zero-order chi connectivity index (χ0) is 10.4. The molecule has 1 heteroatoms. The van der Waals surface area contributed by atoms with Gasteiger partial charge in [-0.15, -0.1) is 5.92 Å². The lowest BCUT2D eigenvalue weighted by atomic mass is 10.0. The molecule has 1 N–H and O–H groups in total. The normalized spacial score (nSPS) is 11.6. The first-order valence-corrected chi connectivity index (χ1v) is 4.96. The molecule has 0 bridgehead atoms. The molecule has 0 aromatic heterocycles. The molecule has 1 atom stereocenters. The Hall–Kier alpha value is -1.26. The van der Waals surface area contributed by atoms with Crippen LogP contribution in [0, 0.1) is 11.8 Å². The highest BCUT2D eigenvalue weighted by Gasteiger charge is 2.03. The molecule has 14 heavy (non-hydrogen) atoms. The van der Waals surface area contributed by atoms with Gasteiger partial charge in [0.1, 0.15) is 0 Å². The Morgan fingerprint density at radius 3 is 2.71 bits per heavy atom. The minimum Gasteiger partial charge on any atom is -0.317 e. The summed E-state index contributed by atoms with van der Waals surface area (Å²) in [5.74, 6) is 6.07. The fourth-order valence-electron chi connectivity index (χ4n) is 1.39. The van der Waals surface area contributed by atoms with Crippen LogP contribution in [0.1, 0.15) is 25.0 Å². The molecule has 0 unspecified atom stereocenters. The number of likely N-dealkylation sites (N-methyl/N-ethyl adjacent to an activating group) is 1. The lowest BCUT2D eigenvalue weighted by Crippen LogP contribution is -2.23. The topological polar surface area (TPSA) is 12.0 Å². The van der Waals surface area contributed by atoms with Crippen molar-refractivity contribution in [2.45, 2.75) is 26.3 Å². The first-order chi connectivity index (χ1) is 6.77. The Balaban J connectivity index is 2.88. The van der Waals surface area contributed by atoms with Crippen LogP contribution in [-0.4, -0.2) is 13.1 Å². The van der Waals surface area contributed by atoms with Gasteiger partial charge in [-0.25, -0.2) is 0 Å². The van der Waals surface area contributed by atoms with Gasteiger partial charge in [-0.2, -0.15) is 0 Å². The summed E-state index contributed by atoms with van der Waals surface area (Å²) in [6, 6.07) is 8.82. The molecule has 0 saturated heterocycles. The average Bonchev–Trinajstić information content (AvgIpc) is 2.21. The molecule has 1 aromatic carbocycles. The fraction of sp³-hybridized carbons (Fsp3) is 0.385. The van der Waals surface area contributed by atoms with Crippen LogP contribution in [0.15, 0.2) is 24.3 Å². The van der Waals surface area contributed by atoms with Gasteiger partial charge in [-0.1, -0.05) is 24.1 Å². The summed E-state index contributed by atoms with van der Waals surface area (Å²) >= 11 is 0. The number of hydrogen-bond donors (Lipinski definition) is 1. The van der Waals surface area contributed by atoms with Crippen molar-refractivity contribution in [1.29, 1.82) is 0 Å². The minimum atomic E-state index is 0.495. The van der Waals surface area contributed by atoms with Crippen LogP contribution in [-0.2, 0) is 6.42 Å². The van der Waals surface area contributed by atoms with Crippen LogP contribution >= 0.6 is 0 Å². The summed E-state index contributed by atoms with van der Waals surface area (Å²) in [7, 11) is 1.98. The van der Waals surface area contributed by atoms with Crippen molar-refractivity contribution in [3.63, 3.8) is 0 Å². The van der Waals surface area contributed by atoms with E-state index in [4.69, 9.17) is 0 Å². The van der Waals surface area contributed by atoms with Crippen molar-refractivity contribution < 1.29 is 0 Å². The second kappa shape index (κ2) is 5.47. The molecule has 0 aliphatic rings. The molecule has 0 spiro atoms. The average molecular weight is 187 g/mol. The third kappa shape index (κ3) is 2.90. The van der Waals surface area contributed by atoms with Gasteiger partial charge in [0.05, 0.1) is 0 Å². The maximum Gasteiger partial charge on any atom is 0.0277 e. The van der Waals surface area contributed by atoms with E-state index in [0.29, 0.717) is 6.04 Å². The SMILES string of the molecule is CC#Cc1ccccc1C[C@@H](C)NC. The summed E-state index contributed by atoms with van der Waals surface area (Å²) in [6.07, 6.45) is 1.03. The van der Waals surface area contributed by atoms with Crippen molar-refractivity contribution in [3.05, 3.63) is 35.4 Å². The van der Waals surface area contributed by atoms with E-state index in [9.17, 15) is 0 Å². The van der Waals surface area contributed by atoms with Gasteiger partial charge in [0, 0.05) is 11.6 Å². The smallest absolute Gasteiger partial charge is 0.0277 e. The zero-order valence-corrected chi connectivity index (χ0v) is 9.09. The Kier molecular flexibility index (Phi) is 4.22. The van der Waals surface area contributed by atoms with Gasteiger partial charge in [0.15, 0.2) is 0 Å². The maximum absolute atomic E-state index is 3.23. The summed E-state index contributed by atoms with van der Waals surface area (Å²) in [5.41, 5.74) is 2.47. The molecule has 0 aliphatic carbocycles. The molecule has 0 saturated carbocycles.